The molecule has 9 heteroatoms. The Hall–Kier alpha value is -3.65. The van der Waals surface area contributed by atoms with Crippen LogP contribution in [0.25, 0.3) is 16.7 Å². The topological polar surface area (TPSA) is 76.4 Å². The SMILES string of the molecule is Cc1ccc(OCC(=O)N2CCN(c3ncnc4c3cnn4-c3cccc(Cl)c3)CC2)cc1C. The van der Waals surface area contributed by atoms with E-state index in [1.165, 1.54) is 5.56 Å². The van der Waals surface area contributed by atoms with Gasteiger partial charge < -0.3 is 14.5 Å². The van der Waals surface area contributed by atoms with Crippen LogP contribution in [0, 0.1) is 13.8 Å². The van der Waals surface area contributed by atoms with E-state index in [2.05, 4.69) is 26.9 Å². The summed E-state index contributed by atoms with van der Waals surface area (Å²) in [5.74, 6) is 1.52. The molecular formula is C25H25ClN6O2. The minimum Gasteiger partial charge on any atom is -0.484 e. The number of anilines is 1. The predicted octanol–water partition coefficient (Wildman–Crippen LogP) is 3.81. The molecular weight excluding hydrogens is 452 g/mol. The zero-order chi connectivity index (χ0) is 23.7. The number of rotatable bonds is 5. The number of amides is 1. The molecule has 0 saturated carbocycles. The van der Waals surface area contributed by atoms with Crippen LogP contribution in [0.15, 0.2) is 55.0 Å². The van der Waals surface area contributed by atoms with Crippen LogP contribution >= 0.6 is 11.6 Å². The van der Waals surface area contributed by atoms with Crippen molar-refractivity contribution in [1.29, 1.82) is 0 Å². The molecule has 1 fully saturated rings. The van der Waals surface area contributed by atoms with Crippen LogP contribution < -0.4 is 9.64 Å². The second-order valence-electron chi connectivity index (χ2n) is 8.37. The Kier molecular flexibility index (Phi) is 6.06. The molecule has 2 aromatic carbocycles. The molecule has 4 aromatic rings. The van der Waals surface area contributed by atoms with Crippen LogP contribution in [-0.2, 0) is 4.79 Å². The number of piperazine rings is 1. The maximum absolute atomic E-state index is 12.7. The summed E-state index contributed by atoms with van der Waals surface area (Å²) in [7, 11) is 0. The summed E-state index contributed by atoms with van der Waals surface area (Å²) in [6, 6.07) is 13.4. The van der Waals surface area contributed by atoms with Crippen LogP contribution in [0.2, 0.25) is 5.02 Å². The van der Waals surface area contributed by atoms with E-state index >= 15 is 0 Å². The molecule has 174 valence electrons. The molecule has 1 amide bonds. The van der Waals surface area contributed by atoms with Crippen molar-refractivity contribution in [1.82, 2.24) is 24.6 Å². The average Bonchev–Trinajstić information content (AvgIpc) is 3.29. The van der Waals surface area contributed by atoms with E-state index in [0.29, 0.717) is 36.8 Å². The van der Waals surface area contributed by atoms with Gasteiger partial charge in [0, 0.05) is 31.2 Å². The van der Waals surface area contributed by atoms with Gasteiger partial charge in [0.1, 0.15) is 17.9 Å². The maximum atomic E-state index is 12.7. The van der Waals surface area contributed by atoms with Gasteiger partial charge in [0.05, 0.1) is 17.3 Å². The first-order valence-corrected chi connectivity index (χ1v) is 11.5. The Bertz CT molecular complexity index is 1350. The minimum absolute atomic E-state index is 0.0144. The van der Waals surface area contributed by atoms with Crippen LogP contribution in [0.1, 0.15) is 11.1 Å². The molecule has 0 atom stereocenters. The average molecular weight is 477 g/mol. The van der Waals surface area contributed by atoms with Crippen LogP contribution in [-0.4, -0.2) is 63.3 Å². The van der Waals surface area contributed by atoms with Gasteiger partial charge in [-0.15, -0.1) is 0 Å². The highest BCUT2D eigenvalue weighted by Crippen LogP contribution is 2.26. The van der Waals surface area contributed by atoms with Gasteiger partial charge >= 0.3 is 0 Å². The number of fused-ring (bicyclic) bond motifs is 1. The molecule has 0 spiro atoms. The molecule has 0 radical (unpaired) electrons. The first kappa shape index (κ1) is 22.2. The van der Waals surface area contributed by atoms with Crippen molar-refractivity contribution in [3.8, 4) is 11.4 Å². The highest BCUT2D eigenvalue weighted by atomic mass is 35.5. The fourth-order valence-corrected chi connectivity index (χ4v) is 4.27. The zero-order valence-corrected chi connectivity index (χ0v) is 19.9. The van der Waals surface area contributed by atoms with E-state index < -0.39 is 0 Å². The number of hydrogen-bond acceptors (Lipinski definition) is 6. The maximum Gasteiger partial charge on any atom is 0.260 e. The first-order chi connectivity index (χ1) is 16.5. The highest BCUT2D eigenvalue weighted by molar-refractivity contribution is 6.30. The summed E-state index contributed by atoms with van der Waals surface area (Å²) in [6.45, 7) is 6.66. The third-order valence-electron chi connectivity index (χ3n) is 6.17. The number of carbonyl (C=O) groups excluding carboxylic acids is 1. The van der Waals surface area contributed by atoms with Gasteiger partial charge in [-0.1, -0.05) is 23.7 Å². The summed E-state index contributed by atoms with van der Waals surface area (Å²) in [5.41, 5.74) is 3.90. The fourth-order valence-electron chi connectivity index (χ4n) is 4.09. The van der Waals surface area contributed by atoms with Crippen molar-refractivity contribution in [2.45, 2.75) is 13.8 Å². The number of hydrogen-bond donors (Lipinski definition) is 0. The second-order valence-corrected chi connectivity index (χ2v) is 8.81. The van der Waals surface area contributed by atoms with E-state index in [-0.39, 0.29) is 12.5 Å². The zero-order valence-electron chi connectivity index (χ0n) is 19.1. The molecule has 2 aromatic heterocycles. The molecule has 0 N–H and O–H groups in total. The van der Waals surface area contributed by atoms with Gasteiger partial charge in [0.2, 0.25) is 0 Å². The van der Waals surface area contributed by atoms with E-state index in [9.17, 15) is 4.79 Å². The van der Waals surface area contributed by atoms with E-state index in [1.807, 2.05) is 54.3 Å². The normalized spacial score (nSPS) is 14.0. The van der Waals surface area contributed by atoms with Gasteiger partial charge in [-0.2, -0.15) is 5.10 Å². The van der Waals surface area contributed by atoms with Crippen molar-refractivity contribution >= 4 is 34.4 Å². The lowest BCUT2D eigenvalue weighted by Crippen LogP contribution is -2.50. The molecule has 0 bridgehead atoms. The number of aryl methyl sites for hydroxylation is 2. The van der Waals surface area contributed by atoms with Crippen LogP contribution in [0.5, 0.6) is 5.75 Å². The fraction of sp³-hybridized carbons (Fsp3) is 0.280. The summed E-state index contributed by atoms with van der Waals surface area (Å²) in [5, 5.41) is 6.02. The highest BCUT2D eigenvalue weighted by Gasteiger charge is 2.24. The molecule has 5 rings (SSSR count). The van der Waals surface area contributed by atoms with Gasteiger partial charge in [-0.3, -0.25) is 4.79 Å². The Labute approximate surface area is 202 Å². The monoisotopic (exact) mass is 476 g/mol. The van der Waals surface area contributed by atoms with Gasteiger partial charge in [-0.05, 0) is 55.3 Å². The lowest BCUT2D eigenvalue weighted by atomic mass is 10.1. The Morgan fingerprint density at radius 1 is 1.03 bits per heavy atom. The van der Waals surface area contributed by atoms with E-state index in [4.69, 9.17) is 16.3 Å². The van der Waals surface area contributed by atoms with Gasteiger partial charge in [0.15, 0.2) is 12.3 Å². The van der Waals surface area contributed by atoms with Gasteiger partial charge in [-0.25, -0.2) is 14.6 Å². The number of carbonyl (C=O) groups is 1. The first-order valence-electron chi connectivity index (χ1n) is 11.2. The number of ether oxygens (including phenoxy) is 1. The minimum atomic E-state index is -0.0144. The van der Waals surface area contributed by atoms with Crippen molar-refractivity contribution in [2.75, 3.05) is 37.7 Å². The molecule has 34 heavy (non-hydrogen) atoms. The summed E-state index contributed by atoms with van der Waals surface area (Å²) in [4.78, 5) is 25.7. The third kappa shape index (κ3) is 4.41. The third-order valence-corrected chi connectivity index (χ3v) is 6.41. The molecule has 1 aliphatic heterocycles. The standard InChI is InChI=1S/C25H25ClN6O2/c1-17-6-7-21(12-18(17)2)34-15-23(33)30-8-10-31(11-9-30)24-22-14-29-32(25(22)28-16-27-24)20-5-3-4-19(26)13-20/h3-7,12-14,16H,8-11,15H2,1-2H3. The van der Waals surface area contributed by atoms with Crippen molar-refractivity contribution < 1.29 is 9.53 Å². The van der Waals surface area contributed by atoms with Crippen LogP contribution in [0.3, 0.4) is 0 Å². The van der Waals surface area contributed by atoms with Crippen molar-refractivity contribution in [3.63, 3.8) is 0 Å². The summed E-state index contributed by atoms with van der Waals surface area (Å²) in [6.07, 6.45) is 3.33. The lowest BCUT2D eigenvalue weighted by Gasteiger charge is -2.35. The van der Waals surface area contributed by atoms with Crippen LogP contribution in [0.4, 0.5) is 5.82 Å². The lowest BCUT2D eigenvalue weighted by molar-refractivity contribution is -0.133. The molecule has 0 unspecified atom stereocenters. The molecule has 1 aliphatic rings. The van der Waals surface area contributed by atoms with Crippen molar-refractivity contribution in [3.05, 3.63) is 71.1 Å². The largest absolute Gasteiger partial charge is 0.484 e. The Morgan fingerprint density at radius 2 is 1.85 bits per heavy atom. The Balaban J connectivity index is 1.25. The second kappa shape index (κ2) is 9.30. The number of benzene rings is 2. The number of aromatic nitrogens is 4. The summed E-state index contributed by atoms with van der Waals surface area (Å²) >= 11 is 6.15. The van der Waals surface area contributed by atoms with E-state index in [1.54, 1.807) is 17.2 Å². The molecule has 8 nitrogen and oxygen atoms in total. The molecule has 1 saturated heterocycles. The molecule has 3 heterocycles. The Morgan fingerprint density at radius 3 is 2.62 bits per heavy atom. The quantitative estimate of drug-likeness (QED) is 0.436. The summed E-state index contributed by atoms with van der Waals surface area (Å²) < 4.78 is 7.49. The number of halogens is 1. The van der Waals surface area contributed by atoms with Crippen molar-refractivity contribution in [2.24, 2.45) is 0 Å². The number of nitrogens with zero attached hydrogens (tertiary/aromatic N) is 6. The smallest absolute Gasteiger partial charge is 0.260 e. The predicted molar refractivity (Wildman–Crippen MR) is 132 cm³/mol. The van der Waals surface area contributed by atoms with Gasteiger partial charge in [0.25, 0.3) is 5.91 Å². The van der Waals surface area contributed by atoms with E-state index in [0.717, 1.165) is 28.2 Å². The molecule has 0 aliphatic carbocycles.